The Morgan fingerprint density at radius 1 is 1.20 bits per heavy atom. The normalized spacial score (nSPS) is 29.9. The lowest BCUT2D eigenvalue weighted by molar-refractivity contribution is -0.147. The Morgan fingerprint density at radius 2 is 1.95 bits per heavy atom. The van der Waals surface area contributed by atoms with Crippen LogP contribution in [0.3, 0.4) is 0 Å². The van der Waals surface area contributed by atoms with E-state index in [1.807, 2.05) is 12.2 Å². The summed E-state index contributed by atoms with van der Waals surface area (Å²) < 4.78 is 5.61. The van der Waals surface area contributed by atoms with Gasteiger partial charge in [0.2, 0.25) is 5.91 Å². The van der Waals surface area contributed by atoms with Crippen LogP contribution < -0.4 is 5.32 Å². The van der Waals surface area contributed by atoms with E-state index in [1.165, 1.54) is 6.42 Å². The average Bonchev–Trinajstić information content (AvgIpc) is 2.48. The van der Waals surface area contributed by atoms with Gasteiger partial charge in [-0.25, -0.2) is 0 Å². The summed E-state index contributed by atoms with van der Waals surface area (Å²) in [4.78, 5) is 23.3. The first kappa shape index (κ1) is 15.0. The fourth-order valence-corrected chi connectivity index (χ4v) is 2.90. The highest BCUT2D eigenvalue weighted by Crippen LogP contribution is 2.26. The predicted octanol–water partition coefficient (Wildman–Crippen LogP) is 1.73. The maximum atomic E-state index is 12.1. The molecule has 2 rings (SSSR count). The van der Waals surface area contributed by atoms with Gasteiger partial charge in [0.05, 0.1) is 17.9 Å². The first-order valence-corrected chi connectivity index (χ1v) is 7.45. The third kappa shape index (κ3) is 4.07. The summed E-state index contributed by atoms with van der Waals surface area (Å²) in [6.07, 6.45) is 9.12. The number of amides is 1. The fraction of sp³-hybridized carbons (Fsp3) is 0.733. The van der Waals surface area contributed by atoms with E-state index < -0.39 is 17.8 Å². The summed E-state index contributed by atoms with van der Waals surface area (Å²) in [6.45, 7) is 1.38. The molecule has 2 N–H and O–H groups in total. The molecule has 2 aliphatic rings. The molecule has 1 fully saturated rings. The summed E-state index contributed by atoms with van der Waals surface area (Å²) in [5.41, 5.74) is 0. The Morgan fingerprint density at radius 3 is 2.60 bits per heavy atom. The molecule has 0 aromatic heterocycles. The summed E-state index contributed by atoms with van der Waals surface area (Å²) in [5, 5.41) is 12.0. The largest absolute Gasteiger partial charge is 0.481 e. The zero-order chi connectivity index (χ0) is 14.4. The number of hydrogen-bond donors (Lipinski definition) is 2. The van der Waals surface area contributed by atoms with Gasteiger partial charge < -0.3 is 15.2 Å². The van der Waals surface area contributed by atoms with E-state index in [1.54, 1.807) is 0 Å². The minimum absolute atomic E-state index is 0.141. The first-order chi connectivity index (χ1) is 9.68. The number of carboxylic acid groups (broad SMARTS) is 1. The van der Waals surface area contributed by atoms with Crippen LogP contribution in [0.5, 0.6) is 0 Å². The van der Waals surface area contributed by atoms with Crippen LogP contribution >= 0.6 is 0 Å². The lowest BCUT2D eigenvalue weighted by Crippen LogP contribution is -2.40. The van der Waals surface area contributed by atoms with Gasteiger partial charge in [-0.05, 0) is 38.5 Å². The van der Waals surface area contributed by atoms with Crippen LogP contribution in [0.1, 0.15) is 38.5 Å². The van der Waals surface area contributed by atoms with E-state index in [2.05, 4.69) is 5.32 Å². The number of carboxylic acids is 1. The molecular weight excluding hydrogens is 258 g/mol. The second-order valence-corrected chi connectivity index (χ2v) is 5.56. The summed E-state index contributed by atoms with van der Waals surface area (Å²) >= 11 is 0. The van der Waals surface area contributed by atoms with Crippen molar-refractivity contribution in [1.29, 1.82) is 0 Å². The van der Waals surface area contributed by atoms with Gasteiger partial charge in [0.15, 0.2) is 0 Å². The smallest absolute Gasteiger partial charge is 0.307 e. The topological polar surface area (TPSA) is 75.6 Å². The number of allylic oxidation sites excluding steroid dienone is 2. The molecule has 0 saturated carbocycles. The molecule has 5 nitrogen and oxygen atoms in total. The molecule has 0 bridgehead atoms. The van der Waals surface area contributed by atoms with E-state index in [4.69, 9.17) is 9.84 Å². The highest BCUT2D eigenvalue weighted by molar-refractivity contribution is 5.85. The van der Waals surface area contributed by atoms with E-state index in [9.17, 15) is 9.59 Å². The molecule has 20 heavy (non-hydrogen) atoms. The van der Waals surface area contributed by atoms with Gasteiger partial charge in [0, 0.05) is 13.2 Å². The molecule has 5 heteroatoms. The van der Waals surface area contributed by atoms with Gasteiger partial charge >= 0.3 is 5.97 Å². The van der Waals surface area contributed by atoms with Crippen molar-refractivity contribution < 1.29 is 19.4 Å². The minimum atomic E-state index is -0.884. The Hall–Kier alpha value is -1.36. The molecule has 0 aromatic carbocycles. The van der Waals surface area contributed by atoms with Crippen LogP contribution in [0, 0.1) is 11.8 Å². The molecule has 3 atom stereocenters. The zero-order valence-corrected chi connectivity index (χ0v) is 11.7. The Kier molecular flexibility index (Phi) is 5.59. The molecular formula is C15H23NO4. The van der Waals surface area contributed by atoms with Gasteiger partial charge in [-0.3, -0.25) is 9.59 Å². The number of rotatable bonds is 5. The van der Waals surface area contributed by atoms with Crippen molar-refractivity contribution >= 4 is 11.9 Å². The van der Waals surface area contributed by atoms with E-state index in [0.717, 1.165) is 25.9 Å². The van der Waals surface area contributed by atoms with Crippen LogP contribution in [-0.2, 0) is 14.3 Å². The van der Waals surface area contributed by atoms with Crippen molar-refractivity contribution in [3.05, 3.63) is 12.2 Å². The van der Waals surface area contributed by atoms with Crippen LogP contribution in [0.15, 0.2) is 12.2 Å². The maximum Gasteiger partial charge on any atom is 0.307 e. The quantitative estimate of drug-likeness (QED) is 0.752. The number of nitrogens with one attached hydrogen (secondary N) is 1. The molecule has 0 spiro atoms. The molecule has 1 aliphatic heterocycles. The summed E-state index contributed by atoms with van der Waals surface area (Å²) in [6, 6.07) is 0. The fourth-order valence-electron chi connectivity index (χ4n) is 2.90. The third-order valence-electron chi connectivity index (χ3n) is 4.13. The molecule has 0 aromatic rings. The number of carbonyl (C=O) groups is 2. The van der Waals surface area contributed by atoms with Crippen LogP contribution in [0.4, 0.5) is 0 Å². The summed E-state index contributed by atoms with van der Waals surface area (Å²) in [5.74, 6) is -2.06. The van der Waals surface area contributed by atoms with Crippen molar-refractivity contribution in [3.8, 4) is 0 Å². The second kappa shape index (κ2) is 7.43. The molecule has 1 heterocycles. The summed E-state index contributed by atoms with van der Waals surface area (Å²) in [7, 11) is 0. The lowest BCUT2D eigenvalue weighted by Gasteiger charge is -2.25. The standard InChI is InChI=1S/C15H23NO4/c17-14(12-6-1-2-7-13(12)15(18)19)16-9-8-11-5-3-4-10-20-11/h1-2,11-13H,3-10H2,(H,16,17)(H,18,19). The average molecular weight is 281 g/mol. The molecule has 3 unspecified atom stereocenters. The molecule has 1 saturated heterocycles. The first-order valence-electron chi connectivity index (χ1n) is 7.45. The Bertz CT molecular complexity index is 374. The SMILES string of the molecule is O=C(O)C1CC=CCC1C(=O)NCCC1CCCCO1. The number of ether oxygens (including phenoxy) is 1. The Labute approximate surface area is 119 Å². The van der Waals surface area contributed by atoms with Gasteiger partial charge in [-0.1, -0.05) is 12.2 Å². The van der Waals surface area contributed by atoms with Gasteiger partial charge in [-0.2, -0.15) is 0 Å². The van der Waals surface area contributed by atoms with Gasteiger partial charge in [-0.15, -0.1) is 0 Å². The van der Waals surface area contributed by atoms with Crippen molar-refractivity contribution in [2.24, 2.45) is 11.8 Å². The van der Waals surface area contributed by atoms with Crippen LogP contribution in [0.25, 0.3) is 0 Å². The van der Waals surface area contributed by atoms with E-state index in [0.29, 0.717) is 19.4 Å². The molecule has 1 amide bonds. The number of aliphatic carboxylic acids is 1. The van der Waals surface area contributed by atoms with Crippen molar-refractivity contribution in [2.45, 2.75) is 44.6 Å². The van der Waals surface area contributed by atoms with E-state index in [-0.39, 0.29) is 12.0 Å². The van der Waals surface area contributed by atoms with E-state index >= 15 is 0 Å². The molecule has 112 valence electrons. The molecule has 1 aliphatic carbocycles. The van der Waals surface area contributed by atoms with Crippen LogP contribution in [0.2, 0.25) is 0 Å². The van der Waals surface area contributed by atoms with Crippen molar-refractivity contribution in [1.82, 2.24) is 5.32 Å². The monoisotopic (exact) mass is 281 g/mol. The Balaban J connectivity index is 1.75. The predicted molar refractivity (Wildman–Crippen MR) is 74.2 cm³/mol. The number of carbonyl (C=O) groups excluding carboxylic acids is 1. The second-order valence-electron chi connectivity index (χ2n) is 5.56. The van der Waals surface area contributed by atoms with Crippen molar-refractivity contribution in [2.75, 3.05) is 13.2 Å². The third-order valence-corrected chi connectivity index (χ3v) is 4.13. The highest BCUT2D eigenvalue weighted by atomic mass is 16.5. The number of hydrogen-bond acceptors (Lipinski definition) is 3. The van der Waals surface area contributed by atoms with Crippen LogP contribution in [-0.4, -0.2) is 36.2 Å². The lowest BCUT2D eigenvalue weighted by atomic mass is 9.82. The highest BCUT2D eigenvalue weighted by Gasteiger charge is 2.33. The van der Waals surface area contributed by atoms with Gasteiger partial charge in [0.1, 0.15) is 0 Å². The maximum absolute atomic E-state index is 12.1. The van der Waals surface area contributed by atoms with Gasteiger partial charge in [0.25, 0.3) is 0 Å². The zero-order valence-electron chi connectivity index (χ0n) is 11.7. The molecule has 0 radical (unpaired) electrons. The minimum Gasteiger partial charge on any atom is -0.481 e. The van der Waals surface area contributed by atoms with Crippen molar-refractivity contribution in [3.63, 3.8) is 0 Å².